The highest BCUT2D eigenvalue weighted by Crippen LogP contribution is 2.25. The number of urea groups is 1. The molecule has 0 radical (unpaired) electrons. The molecule has 0 saturated heterocycles. The first-order valence-corrected chi connectivity index (χ1v) is 7.14. The van der Waals surface area contributed by atoms with Crippen LogP contribution in [0.5, 0.6) is 0 Å². The van der Waals surface area contributed by atoms with Crippen molar-refractivity contribution in [3.63, 3.8) is 0 Å². The summed E-state index contributed by atoms with van der Waals surface area (Å²) in [6.45, 7) is 8.18. The third-order valence-corrected chi connectivity index (χ3v) is 3.83. The molecule has 1 atom stereocenters. The lowest BCUT2D eigenvalue weighted by molar-refractivity contribution is -0.119. The summed E-state index contributed by atoms with van der Waals surface area (Å²) < 4.78 is 0. The van der Waals surface area contributed by atoms with Gasteiger partial charge in [0.15, 0.2) is 0 Å². The van der Waals surface area contributed by atoms with E-state index in [2.05, 4.69) is 23.6 Å². The minimum absolute atomic E-state index is 0.283. The van der Waals surface area contributed by atoms with Crippen LogP contribution in [0.25, 0.3) is 0 Å². The molecule has 2 N–H and O–H groups in total. The Morgan fingerprint density at radius 1 is 1.26 bits per heavy atom. The van der Waals surface area contributed by atoms with E-state index in [-0.39, 0.29) is 11.2 Å². The SMILES string of the molecule is CCNC(=O)NC(=O)[C@@H](C)Sc1ccc(C)c(C)c1. The Labute approximate surface area is 118 Å². The van der Waals surface area contributed by atoms with Gasteiger partial charge in [-0.3, -0.25) is 10.1 Å². The number of amides is 3. The first-order chi connectivity index (χ1) is 8.93. The maximum Gasteiger partial charge on any atom is 0.321 e. The second kappa shape index (κ2) is 7.19. The van der Waals surface area contributed by atoms with Gasteiger partial charge in [-0.2, -0.15) is 0 Å². The molecule has 1 aromatic rings. The smallest absolute Gasteiger partial charge is 0.321 e. The minimum atomic E-state index is -0.444. The average Bonchev–Trinajstić information content (AvgIpc) is 2.34. The average molecular weight is 280 g/mol. The van der Waals surface area contributed by atoms with Gasteiger partial charge in [-0.1, -0.05) is 6.07 Å². The molecule has 104 valence electrons. The van der Waals surface area contributed by atoms with E-state index in [0.29, 0.717) is 6.54 Å². The van der Waals surface area contributed by atoms with Gasteiger partial charge in [-0.05, 0) is 51.0 Å². The van der Waals surface area contributed by atoms with Gasteiger partial charge in [0, 0.05) is 11.4 Å². The van der Waals surface area contributed by atoms with Crippen LogP contribution < -0.4 is 10.6 Å². The first kappa shape index (κ1) is 15.6. The molecular formula is C14H20N2O2S. The summed E-state index contributed by atoms with van der Waals surface area (Å²) in [6.07, 6.45) is 0. The number of rotatable bonds is 4. The Kier molecular flexibility index (Phi) is 5.89. The summed E-state index contributed by atoms with van der Waals surface area (Å²) >= 11 is 1.44. The van der Waals surface area contributed by atoms with Gasteiger partial charge < -0.3 is 5.32 Å². The first-order valence-electron chi connectivity index (χ1n) is 6.26. The van der Waals surface area contributed by atoms with Crippen molar-refractivity contribution >= 4 is 23.7 Å². The summed E-state index contributed by atoms with van der Waals surface area (Å²) in [5.41, 5.74) is 2.42. The molecule has 0 saturated carbocycles. The summed E-state index contributed by atoms with van der Waals surface area (Å²) in [6, 6.07) is 5.63. The van der Waals surface area contributed by atoms with Gasteiger partial charge in [0.2, 0.25) is 5.91 Å². The third kappa shape index (κ3) is 4.95. The van der Waals surface area contributed by atoms with Crippen molar-refractivity contribution in [3.05, 3.63) is 29.3 Å². The maximum absolute atomic E-state index is 11.8. The lowest BCUT2D eigenvalue weighted by Gasteiger charge is -2.12. The van der Waals surface area contributed by atoms with Crippen molar-refractivity contribution in [1.82, 2.24) is 10.6 Å². The highest BCUT2D eigenvalue weighted by Gasteiger charge is 2.16. The number of nitrogens with one attached hydrogen (secondary N) is 2. The monoisotopic (exact) mass is 280 g/mol. The molecule has 3 amide bonds. The number of imide groups is 1. The number of hydrogen-bond donors (Lipinski definition) is 2. The molecule has 0 unspecified atom stereocenters. The lowest BCUT2D eigenvalue weighted by Crippen LogP contribution is -2.42. The second-order valence-corrected chi connectivity index (χ2v) is 5.77. The molecule has 0 aliphatic rings. The van der Waals surface area contributed by atoms with Gasteiger partial charge in [-0.25, -0.2) is 4.79 Å². The lowest BCUT2D eigenvalue weighted by atomic mass is 10.1. The van der Waals surface area contributed by atoms with Crippen LogP contribution in [0.2, 0.25) is 0 Å². The van der Waals surface area contributed by atoms with E-state index < -0.39 is 6.03 Å². The summed E-state index contributed by atoms with van der Waals surface area (Å²) in [4.78, 5) is 24.1. The highest BCUT2D eigenvalue weighted by molar-refractivity contribution is 8.00. The minimum Gasteiger partial charge on any atom is -0.338 e. The van der Waals surface area contributed by atoms with Crippen LogP contribution in [0.15, 0.2) is 23.1 Å². The Hall–Kier alpha value is -1.49. The Bertz CT molecular complexity index is 475. The van der Waals surface area contributed by atoms with E-state index in [4.69, 9.17) is 0 Å². The zero-order valence-electron chi connectivity index (χ0n) is 11.7. The van der Waals surface area contributed by atoms with Crippen molar-refractivity contribution in [2.24, 2.45) is 0 Å². The second-order valence-electron chi connectivity index (χ2n) is 4.35. The summed E-state index contributed by atoms with van der Waals surface area (Å²) in [5, 5.41) is 4.53. The van der Waals surface area contributed by atoms with Crippen molar-refractivity contribution in [3.8, 4) is 0 Å². The molecule has 5 heteroatoms. The molecule has 0 aliphatic heterocycles. The van der Waals surface area contributed by atoms with Gasteiger partial charge in [0.1, 0.15) is 0 Å². The Morgan fingerprint density at radius 2 is 1.95 bits per heavy atom. The fraction of sp³-hybridized carbons (Fsp3) is 0.429. The van der Waals surface area contributed by atoms with Gasteiger partial charge in [-0.15, -0.1) is 11.8 Å². The number of hydrogen-bond acceptors (Lipinski definition) is 3. The van der Waals surface area contributed by atoms with Crippen LogP contribution in [0.3, 0.4) is 0 Å². The molecule has 0 aromatic heterocycles. The van der Waals surface area contributed by atoms with Crippen LogP contribution in [0.1, 0.15) is 25.0 Å². The normalized spacial score (nSPS) is 11.8. The van der Waals surface area contributed by atoms with E-state index >= 15 is 0 Å². The van der Waals surface area contributed by atoms with Crippen molar-refractivity contribution in [2.45, 2.75) is 37.8 Å². The summed E-state index contributed by atoms with van der Waals surface area (Å²) in [7, 11) is 0. The molecule has 0 aliphatic carbocycles. The fourth-order valence-corrected chi connectivity index (χ4v) is 2.43. The largest absolute Gasteiger partial charge is 0.338 e. The van der Waals surface area contributed by atoms with Crippen LogP contribution in [0.4, 0.5) is 4.79 Å². The third-order valence-electron chi connectivity index (χ3n) is 2.73. The number of benzene rings is 1. The number of aryl methyl sites for hydroxylation is 2. The molecule has 19 heavy (non-hydrogen) atoms. The van der Waals surface area contributed by atoms with Crippen LogP contribution in [0, 0.1) is 13.8 Å². The molecule has 1 aromatic carbocycles. The molecule has 0 spiro atoms. The predicted octanol–water partition coefficient (Wildman–Crippen LogP) is 2.63. The zero-order chi connectivity index (χ0) is 14.4. The van der Waals surface area contributed by atoms with Crippen molar-refractivity contribution in [2.75, 3.05) is 6.54 Å². The quantitative estimate of drug-likeness (QED) is 0.834. The fourth-order valence-electron chi connectivity index (χ4n) is 1.46. The molecular weight excluding hydrogens is 260 g/mol. The molecule has 1 rings (SSSR count). The van der Waals surface area contributed by atoms with Gasteiger partial charge in [0.25, 0.3) is 0 Å². The number of carbonyl (C=O) groups excluding carboxylic acids is 2. The van der Waals surface area contributed by atoms with Gasteiger partial charge in [0.05, 0.1) is 5.25 Å². The van der Waals surface area contributed by atoms with E-state index in [1.165, 1.54) is 22.9 Å². The predicted molar refractivity (Wildman–Crippen MR) is 78.5 cm³/mol. The maximum atomic E-state index is 11.8. The standard InChI is InChI=1S/C14H20N2O2S/c1-5-15-14(18)16-13(17)11(4)19-12-7-6-9(2)10(3)8-12/h6-8,11H,5H2,1-4H3,(H2,15,16,17,18)/t11-/m1/s1. The van der Waals surface area contributed by atoms with Crippen LogP contribution in [-0.4, -0.2) is 23.7 Å². The molecule has 4 nitrogen and oxygen atoms in total. The Morgan fingerprint density at radius 3 is 2.53 bits per heavy atom. The number of thioether (sulfide) groups is 1. The highest BCUT2D eigenvalue weighted by atomic mass is 32.2. The van der Waals surface area contributed by atoms with E-state index in [9.17, 15) is 9.59 Å². The molecule has 0 bridgehead atoms. The van der Waals surface area contributed by atoms with Gasteiger partial charge >= 0.3 is 6.03 Å². The van der Waals surface area contributed by atoms with Crippen LogP contribution >= 0.6 is 11.8 Å². The summed E-state index contributed by atoms with van der Waals surface area (Å²) in [5.74, 6) is -0.283. The van der Waals surface area contributed by atoms with E-state index in [0.717, 1.165) is 4.90 Å². The molecule has 0 fully saturated rings. The number of carbonyl (C=O) groups is 2. The van der Waals surface area contributed by atoms with E-state index in [1.807, 2.05) is 19.1 Å². The topological polar surface area (TPSA) is 58.2 Å². The van der Waals surface area contributed by atoms with Crippen molar-refractivity contribution < 1.29 is 9.59 Å². The van der Waals surface area contributed by atoms with Crippen LogP contribution in [-0.2, 0) is 4.79 Å². The van der Waals surface area contributed by atoms with Crippen molar-refractivity contribution in [1.29, 1.82) is 0 Å². The molecule has 0 heterocycles. The Balaban J connectivity index is 2.58. The zero-order valence-corrected chi connectivity index (χ0v) is 12.6. The van der Waals surface area contributed by atoms with E-state index in [1.54, 1.807) is 13.8 Å².